The number of hydrogen-bond donors (Lipinski definition) is 2. The van der Waals surface area contributed by atoms with Crippen LogP contribution in [0.4, 0.5) is 0 Å². The summed E-state index contributed by atoms with van der Waals surface area (Å²) in [5.74, 6) is 1.34. The molecule has 0 amide bonds. The zero-order valence-electron chi connectivity index (χ0n) is 12.6. The number of nitrogens with zero attached hydrogens (tertiary/aromatic N) is 2. The van der Waals surface area contributed by atoms with Gasteiger partial charge in [-0.05, 0) is 64.7 Å². The van der Waals surface area contributed by atoms with Crippen LogP contribution in [-0.4, -0.2) is 67.3 Å². The highest BCUT2D eigenvalue weighted by atomic mass is 16.3. The van der Waals surface area contributed by atoms with Gasteiger partial charge in [0.1, 0.15) is 0 Å². The van der Waals surface area contributed by atoms with Crippen molar-refractivity contribution < 1.29 is 5.11 Å². The molecule has 0 spiro atoms. The van der Waals surface area contributed by atoms with E-state index in [9.17, 15) is 5.11 Å². The van der Waals surface area contributed by atoms with Gasteiger partial charge in [-0.15, -0.1) is 0 Å². The Morgan fingerprint density at radius 3 is 2.84 bits per heavy atom. The van der Waals surface area contributed by atoms with Crippen molar-refractivity contribution >= 4 is 0 Å². The molecule has 4 nitrogen and oxygen atoms in total. The van der Waals surface area contributed by atoms with Crippen LogP contribution in [0.15, 0.2) is 0 Å². The molecule has 3 N–H and O–H groups in total. The SMILES string of the molecule is CN1CCC(CN(C)CCC2CCCC2(N)CO)C1. The first-order valence-corrected chi connectivity index (χ1v) is 7.80. The molecule has 2 rings (SSSR count). The molecule has 1 saturated heterocycles. The number of hydrogen-bond acceptors (Lipinski definition) is 4. The first kappa shape index (κ1) is 15.2. The first-order chi connectivity index (χ1) is 9.03. The Morgan fingerprint density at radius 1 is 1.42 bits per heavy atom. The molecule has 1 heterocycles. The van der Waals surface area contributed by atoms with E-state index in [4.69, 9.17) is 5.73 Å². The molecule has 19 heavy (non-hydrogen) atoms. The number of aliphatic hydroxyl groups excluding tert-OH is 1. The maximum absolute atomic E-state index is 9.48. The highest BCUT2D eigenvalue weighted by molar-refractivity contribution is 4.96. The van der Waals surface area contributed by atoms with Crippen molar-refractivity contribution in [2.24, 2.45) is 17.6 Å². The van der Waals surface area contributed by atoms with E-state index in [-0.39, 0.29) is 12.1 Å². The molecule has 112 valence electrons. The lowest BCUT2D eigenvalue weighted by Gasteiger charge is -2.31. The quantitative estimate of drug-likeness (QED) is 0.747. The minimum atomic E-state index is -0.297. The topological polar surface area (TPSA) is 52.7 Å². The van der Waals surface area contributed by atoms with Crippen LogP contribution in [0, 0.1) is 11.8 Å². The van der Waals surface area contributed by atoms with Crippen LogP contribution in [-0.2, 0) is 0 Å². The third-order valence-electron chi connectivity index (χ3n) is 5.22. The van der Waals surface area contributed by atoms with Gasteiger partial charge < -0.3 is 20.6 Å². The fourth-order valence-electron chi connectivity index (χ4n) is 3.89. The lowest BCUT2D eigenvalue weighted by molar-refractivity contribution is 0.145. The molecule has 0 radical (unpaired) electrons. The molecule has 0 aromatic heterocycles. The predicted molar refractivity (Wildman–Crippen MR) is 79.1 cm³/mol. The average Bonchev–Trinajstić information content (AvgIpc) is 2.94. The summed E-state index contributed by atoms with van der Waals surface area (Å²) >= 11 is 0. The summed E-state index contributed by atoms with van der Waals surface area (Å²) in [5.41, 5.74) is 6.00. The lowest BCUT2D eigenvalue weighted by atomic mass is 9.86. The van der Waals surface area contributed by atoms with Crippen LogP contribution in [0.5, 0.6) is 0 Å². The van der Waals surface area contributed by atoms with Crippen LogP contribution >= 0.6 is 0 Å². The summed E-state index contributed by atoms with van der Waals surface area (Å²) in [5, 5.41) is 9.48. The predicted octanol–water partition coefficient (Wildman–Crippen LogP) is 0.750. The number of rotatable bonds is 6. The van der Waals surface area contributed by atoms with E-state index >= 15 is 0 Å². The van der Waals surface area contributed by atoms with Crippen molar-refractivity contribution in [1.82, 2.24) is 9.80 Å². The second-order valence-corrected chi connectivity index (χ2v) is 6.95. The Bertz CT molecular complexity index is 287. The Labute approximate surface area is 117 Å². The summed E-state index contributed by atoms with van der Waals surface area (Å²) < 4.78 is 0. The molecule has 1 aliphatic heterocycles. The van der Waals surface area contributed by atoms with E-state index in [2.05, 4.69) is 23.9 Å². The molecule has 0 aromatic carbocycles. The molecule has 1 saturated carbocycles. The van der Waals surface area contributed by atoms with Crippen molar-refractivity contribution in [1.29, 1.82) is 0 Å². The van der Waals surface area contributed by atoms with Gasteiger partial charge in [0, 0.05) is 18.6 Å². The third-order valence-corrected chi connectivity index (χ3v) is 5.22. The molecule has 4 heteroatoms. The van der Waals surface area contributed by atoms with E-state index in [0.717, 1.165) is 25.3 Å². The van der Waals surface area contributed by atoms with Gasteiger partial charge in [0.15, 0.2) is 0 Å². The fraction of sp³-hybridized carbons (Fsp3) is 1.00. The summed E-state index contributed by atoms with van der Waals surface area (Å²) in [6, 6.07) is 0. The largest absolute Gasteiger partial charge is 0.394 e. The fourth-order valence-corrected chi connectivity index (χ4v) is 3.89. The van der Waals surface area contributed by atoms with Crippen molar-refractivity contribution in [2.45, 2.75) is 37.6 Å². The van der Waals surface area contributed by atoms with E-state index in [0.29, 0.717) is 5.92 Å². The van der Waals surface area contributed by atoms with Crippen LogP contribution in [0.25, 0.3) is 0 Å². The Kier molecular flexibility index (Phi) is 5.23. The number of aliphatic hydroxyl groups is 1. The van der Waals surface area contributed by atoms with Gasteiger partial charge in [-0.2, -0.15) is 0 Å². The Morgan fingerprint density at radius 2 is 2.21 bits per heavy atom. The highest BCUT2D eigenvalue weighted by Crippen LogP contribution is 2.35. The van der Waals surface area contributed by atoms with E-state index in [1.165, 1.54) is 38.9 Å². The maximum atomic E-state index is 9.48. The highest BCUT2D eigenvalue weighted by Gasteiger charge is 2.38. The standard InChI is InChI=1S/C15H31N3O/c1-17-8-5-13(10-17)11-18(2)9-6-14-4-3-7-15(14,16)12-19/h13-14,19H,3-12,16H2,1-2H3. The third kappa shape index (κ3) is 3.91. The van der Waals surface area contributed by atoms with Crippen molar-refractivity contribution in [3.63, 3.8) is 0 Å². The van der Waals surface area contributed by atoms with Gasteiger partial charge in [0.2, 0.25) is 0 Å². The van der Waals surface area contributed by atoms with Gasteiger partial charge in [-0.25, -0.2) is 0 Å². The minimum Gasteiger partial charge on any atom is -0.394 e. The van der Waals surface area contributed by atoms with Gasteiger partial charge >= 0.3 is 0 Å². The van der Waals surface area contributed by atoms with Gasteiger partial charge in [0.05, 0.1) is 6.61 Å². The summed E-state index contributed by atoms with van der Waals surface area (Å²) in [6.45, 7) is 4.95. The van der Waals surface area contributed by atoms with Crippen molar-refractivity contribution in [3.05, 3.63) is 0 Å². The molecule has 0 aromatic rings. The van der Waals surface area contributed by atoms with E-state index < -0.39 is 0 Å². The maximum Gasteiger partial charge on any atom is 0.0613 e. The Balaban J connectivity index is 1.70. The second-order valence-electron chi connectivity index (χ2n) is 6.95. The second kappa shape index (κ2) is 6.53. The van der Waals surface area contributed by atoms with Crippen LogP contribution < -0.4 is 5.73 Å². The minimum absolute atomic E-state index is 0.148. The lowest BCUT2D eigenvalue weighted by Crippen LogP contribution is -2.47. The van der Waals surface area contributed by atoms with Crippen molar-refractivity contribution in [2.75, 3.05) is 46.9 Å². The van der Waals surface area contributed by atoms with Gasteiger partial charge in [-0.1, -0.05) is 6.42 Å². The number of nitrogens with two attached hydrogens (primary N) is 1. The molecule has 2 fully saturated rings. The molecule has 1 aliphatic carbocycles. The molecular weight excluding hydrogens is 238 g/mol. The number of likely N-dealkylation sites (tertiary alicyclic amines) is 1. The smallest absolute Gasteiger partial charge is 0.0613 e. The summed E-state index contributed by atoms with van der Waals surface area (Å²) in [4.78, 5) is 4.88. The average molecular weight is 269 g/mol. The van der Waals surface area contributed by atoms with Crippen LogP contribution in [0.1, 0.15) is 32.1 Å². The molecule has 3 atom stereocenters. The Hall–Kier alpha value is -0.160. The zero-order chi connectivity index (χ0) is 13.9. The molecule has 0 bridgehead atoms. The van der Waals surface area contributed by atoms with Gasteiger partial charge in [-0.3, -0.25) is 0 Å². The normalized spacial score (nSPS) is 36.5. The van der Waals surface area contributed by atoms with E-state index in [1.807, 2.05) is 0 Å². The first-order valence-electron chi connectivity index (χ1n) is 7.80. The van der Waals surface area contributed by atoms with Gasteiger partial charge in [0.25, 0.3) is 0 Å². The van der Waals surface area contributed by atoms with Crippen LogP contribution in [0.3, 0.4) is 0 Å². The van der Waals surface area contributed by atoms with E-state index in [1.54, 1.807) is 0 Å². The summed E-state index contributed by atoms with van der Waals surface area (Å²) in [7, 11) is 4.44. The molecule has 2 aliphatic rings. The summed E-state index contributed by atoms with van der Waals surface area (Å²) in [6.07, 6.45) is 5.83. The molecule has 3 unspecified atom stereocenters. The molecular formula is C15H31N3O. The zero-order valence-corrected chi connectivity index (χ0v) is 12.6. The monoisotopic (exact) mass is 269 g/mol. The van der Waals surface area contributed by atoms with Crippen molar-refractivity contribution in [3.8, 4) is 0 Å². The van der Waals surface area contributed by atoms with Crippen LogP contribution in [0.2, 0.25) is 0 Å².